The summed E-state index contributed by atoms with van der Waals surface area (Å²) in [5.41, 5.74) is 0. The van der Waals surface area contributed by atoms with Gasteiger partial charge in [0.1, 0.15) is 0 Å². The van der Waals surface area contributed by atoms with Gasteiger partial charge in [0, 0.05) is 0 Å². The Bertz CT molecular complexity index is 8.00. The van der Waals surface area contributed by atoms with Crippen LogP contribution in [0.4, 0.5) is 0 Å². The first kappa shape index (κ1) is 8.91. The SMILES string of the molecule is [O]=[Ag].[O]=[Ti]. The molecule has 0 saturated carbocycles. The second-order valence-electron chi connectivity index (χ2n) is 0. The van der Waals surface area contributed by atoms with Gasteiger partial charge in [-0.25, -0.2) is 0 Å². The van der Waals surface area contributed by atoms with Crippen LogP contribution in [0, 0.1) is 0 Å². The molecular weight excluding hydrogens is 188 g/mol. The maximum absolute atomic E-state index is 8.25. The van der Waals surface area contributed by atoms with E-state index in [1.807, 2.05) is 0 Å². The Hall–Kier alpha value is 1.05. The van der Waals surface area contributed by atoms with Crippen LogP contribution in [-0.4, -0.2) is 0 Å². The van der Waals surface area contributed by atoms with E-state index in [2.05, 4.69) is 0 Å². The molecule has 27 valence electrons. The van der Waals surface area contributed by atoms with Crippen LogP contribution in [0.25, 0.3) is 0 Å². The van der Waals surface area contributed by atoms with E-state index in [1.54, 1.807) is 21.0 Å². The molecule has 2 nitrogen and oxygen atoms in total. The molecule has 0 rings (SSSR count). The molecule has 0 aromatic rings. The van der Waals surface area contributed by atoms with Gasteiger partial charge in [0.2, 0.25) is 0 Å². The molecule has 0 aromatic carbocycles. The first-order chi connectivity index (χ1) is 2.00. The molecular formula is AgO2Ti. The summed E-state index contributed by atoms with van der Waals surface area (Å²) in [6.45, 7) is 0. The molecule has 0 aliphatic heterocycles. The van der Waals surface area contributed by atoms with Crippen LogP contribution < -0.4 is 0 Å². The third kappa shape index (κ3) is 11.6. The van der Waals surface area contributed by atoms with E-state index < -0.39 is 0 Å². The van der Waals surface area contributed by atoms with Crippen LogP contribution in [0.15, 0.2) is 0 Å². The first-order valence-corrected chi connectivity index (χ1v) is 1.57. The monoisotopic (exact) mass is 187 g/mol. The van der Waals surface area contributed by atoms with E-state index in [1.165, 1.54) is 0 Å². The standard InChI is InChI=1S/Ag.2O.Ti. The van der Waals surface area contributed by atoms with Gasteiger partial charge in [-0.2, -0.15) is 0 Å². The van der Waals surface area contributed by atoms with Gasteiger partial charge in [0.25, 0.3) is 0 Å². The zero-order valence-corrected chi connectivity index (χ0v) is 4.66. The van der Waals surface area contributed by atoms with Gasteiger partial charge in [-0.3, -0.25) is 0 Å². The van der Waals surface area contributed by atoms with Crippen LogP contribution in [-0.2, 0) is 48.0 Å². The minimum atomic E-state index is 0.750. The molecule has 0 spiro atoms. The molecule has 0 unspecified atom stereocenters. The van der Waals surface area contributed by atoms with Crippen LogP contribution in [0.5, 0.6) is 0 Å². The fourth-order valence-corrected chi connectivity index (χ4v) is 0. The molecule has 0 N–H and O–H groups in total. The summed E-state index contributed by atoms with van der Waals surface area (Å²) in [6.07, 6.45) is 0. The molecule has 4 heavy (non-hydrogen) atoms. The molecule has 4 heteroatoms. The van der Waals surface area contributed by atoms with Crippen molar-refractivity contribution in [3.05, 3.63) is 0 Å². The molecule has 0 atom stereocenters. The van der Waals surface area contributed by atoms with Gasteiger partial charge in [-0.1, -0.05) is 0 Å². The zero-order valence-electron chi connectivity index (χ0n) is 1.62. The van der Waals surface area contributed by atoms with Gasteiger partial charge >= 0.3 is 48.0 Å². The molecule has 0 fully saturated rings. The van der Waals surface area contributed by atoms with Crippen LogP contribution in [0.3, 0.4) is 0 Å². The fourth-order valence-electron chi connectivity index (χ4n) is 0. The summed E-state index contributed by atoms with van der Waals surface area (Å²) in [5, 5.41) is 0. The molecule has 0 aliphatic carbocycles. The van der Waals surface area contributed by atoms with Crippen LogP contribution in [0.2, 0.25) is 0 Å². The van der Waals surface area contributed by atoms with Gasteiger partial charge in [0.15, 0.2) is 0 Å². The summed E-state index contributed by atoms with van der Waals surface area (Å²) >= 11 is 2.45. The van der Waals surface area contributed by atoms with Gasteiger partial charge in [-0.15, -0.1) is 0 Å². The molecule has 0 saturated heterocycles. The molecule has 0 bridgehead atoms. The third-order valence-electron chi connectivity index (χ3n) is 0. The van der Waals surface area contributed by atoms with Crippen molar-refractivity contribution in [2.75, 3.05) is 0 Å². The van der Waals surface area contributed by atoms with Crippen molar-refractivity contribution in [1.82, 2.24) is 0 Å². The van der Waals surface area contributed by atoms with Crippen molar-refractivity contribution in [2.24, 2.45) is 0 Å². The summed E-state index contributed by atoms with van der Waals surface area (Å²) in [7, 11) is 0. The Morgan fingerprint density at radius 3 is 1.25 bits per heavy atom. The average molecular weight is 188 g/mol. The second kappa shape index (κ2) is 34.0. The van der Waals surface area contributed by atoms with E-state index >= 15 is 0 Å². The molecule has 0 radical (unpaired) electrons. The fraction of sp³-hybridized carbons (Fsp3) is 0. The zero-order chi connectivity index (χ0) is 4.00. The van der Waals surface area contributed by atoms with Crippen LogP contribution in [0.1, 0.15) is 0 Å². The Labute approximate surface area is 47.9 Å². The Balaban J connectivity index is 0. The van der Waals surface area contributed by atoms with Crippen molar-refractivity contribution < 1.29 is 48.0 Å². The van der Waals surface area contributed by atoms with E-state index in [9.17, 15) is 0 Å². The second-order valence-corrected chi connectivity index (χ2v) is 0. The summed E-state index contributed by atoms with van der Waals surface area (Å²) in [5.74, 6) is 0. The molecule has 0 heterocycles. The van der Waals surface area contributed by atoms with Gasteiger partial charge in [0.05, 0.1) is 0 Å². The van der Waals surface area contributed by atoms with E-state index in [0.29, 0.717) is 0 Å². The maximum atomic E-state index is 8.25. The van der Waals surface area contributed by atoms with E-state index in [-0.39, 0.29) is 0 Å². The summed E-state index contributed by atoms with van der Waals surface area (Å²) in [4.78, 5) is 0. The summed E-state index contributed by atoms with van der Waals surface area (Å²) in [6, 6.07) is 0. The van der Waals surface area contributed by atoms with Crippen molar-refractivity contribution in [1.29, 1.82) is 0 Å². The summed E-state index contributed by atoms with van der Waals surface area (Å²) < 4.78 is 16.3. The van der Waals surface area contributed by atoms with Gasteiger partial charge in [-0.05, 0) is 0 Å². The van der Waals surface area contributed by atoms with E-state index in [0.717, 1.165) is 20.4 Å². The van der Waals surface area contributed by atoms with Crippen molar-refractivity contribution in [2.45, 2.75) is 0 Å². The minimum absolute atomic E-state index is 0.750. The third-order valence-corrected chi connectivity index (χ3v) is 0. The van der Waals surface area contributed by atoms with Crippen molar-refractivity contribution >= 4 is 0 Å². The van der Waals surface area contributed by atoms with Crippen molar-refractivity contribution in [3.63, 3.8) is 0 Å². The predicted molar refractivity (Wildman–Crippen MR) is 1.37 cm³/mol. The topological polar surface area (TPSA) is 34.1 Å². The average Bonchev–Trinajstić information content (AvgIpc) is 1.50. The molecule has 0 aliphatic rings. The Morgan fingerprint density at radius 2 is 1.25 bits per heavy atom. The quantitative estimate of drug-likeness (QED) is 0.491. The number of rotatable bonds is 0. The number of hydrogen-bond acceptors (Lipinski definition) is 2. The number of hydrogen-bond donors (Lipinski definition) is 0. The predicted octanol–water partition coefficient (Wildman–Crippen LogP) is -0.243. The van der Waals surface area contributed by atoms with E-state index in [4.69, 9.17) is 6.57 Å². The van der Waals surface area contributed by atoms with Crippen molar-refractivity contribution in [3.8, 4) is 0 Å². The Kier molecular flexibility index (Phi) is 75.7. The van der Waals surface area contributed by atoms with Gasteiger partial charge < -0.3 is 0 Å². The van der Waals surface area contributed by atoms with Crippen LogP contribution >= 0.6 is 0 Å². The normalized spacial score (nSPS) is 2.25. The molecule has 0 amide bonds. The molecule has 0 aromatic heterocycles. The Morgan fingerprint density at radius 1 is 1.25 bits per heavy atom. The first-order valence-electron chi connectivity index (χ1n) is 0.327.